The molecule has 154 valence electrons. The summed E-state index contributed by atoms with van der Waals surface area (Å²) in [4.78, 5) is 28.3. The van der Waals surface area contributed by atoms with Gasteiger partial charge in [-0.05, 0) is 54.1 Å². The second-order valence-corrected chi connectivity index (χ2v) is 7.06. The van der Waals surface area contributed by atoms with Crippen LogP contribution in [-0.2, 0) is 6.54 Å². The minimum atomic E-state index is -0.485. The van der Waals surface area contributed by atoms with E-state index >= 15 is 0 Å². The average Bonchev–Trinajstić information content (AvgIpc) is 2.79. The zero-order chi connectivity index (χ0) is 21.8. The molecule has 2 amide bonds. The summed E-state index contributed by atoms with van der Waals surface area (Å²) in [6, 6.07) is 23.4. The molecule has 6 N–H and O–H groups in total. The molecular weight excluding hydrogens is 390 g/mol. The van der Waals surface area contributed by atoms with E-state index in [0.29, 0.717) is 40.4 Å². The Labute approximate surface area is 179 Å². The number of para-hydroxylation sites is 2. The lowest BCUT2D eigenvalue weighted by Gasteiger charge is -2.10. The lowest BCUT2D eigenvalue weighted by atomic mass is 10.1. The summed E-state index contributed by atoms with van der Waals surface area (Å²) >= 11 is 0. The molecule has 1 heterocycles. The highest BCUT2D eigenvalue weighted by Gasteiger charge is 2.08. The fourth-order valence-electron chi connectivity index (χ4n) is 3.14. The van der Waals surface area contributed by atoms with Crippen molar-refractivity contribution in [1.29, 1.82) is 0 Å². The van der Waals surface area contributed by atoms with Crippen molar-refractivity contribution in [2.75, 3.05) is 16.4 Å². The SMILES string of the molecule is NC(=O)c1ccc2ccc(NCc3ccc(C(=O)Nc4ccccc4N)cc3)nc2c1. The first kappa shape index (κ1) is 19.9. The van der Waals surface area contributed by atoms with Crippen molar-refractivity contribution in [3.8, 4) is 0 Å². The van der Waals surface area contributed by atoms with Gasteiger partial charge < -0.3 is 22.1 Å². The Bertz CT molecular complexity index is 1270. The van der Waals surface area contributed by atoms with E-state index in [-0.39, 0.29) is 5.91 Å². The molecule has 7 nitrogen and oxygen atoms in total. The second-order valence-electron chi connectivity index (χ2n) is 7.06. The molecule has 31 heavy (non-hydrogen) atoms. The molecule has 0 radical (unpaired) electrons. The van der Waals surface area contributed by atoms with Gasteiger partial charge in [0.1, 0.15) is 5.82 Å². The predicted octanol–water partition coefficient (Wildman–Crippen LogP) is 3.78. The van der Waals surface area contributed by atoms with Gasteiger partial charge in [0.15, 0.2) is 0 Å². The third-order valence-electron chi connectivity index (χ3n) is 4.88. The van der Waals surface area contributed by atoms with Gasteiger partial charge in [-0.3, -0.25) is 9.59 Å². The third-order valence-corrected chi connectivity index (χ3v) is 4.88. The maximum absolute atomic E-state index is 12.4. The van der Waals surface area contributed by atoms with Crippen LogP contribution in [0.1, 0.15) is 26.3 Å². The van der Waals surface area contributed by atoms with Crippen molar-refractivity contribution in [3.05, 3.63) is 95.6 Å². The average molecular weight is 411 g/mol. The Balaban J connectivity index is 1.41. The lowest BCUT2D eigenvalue weighted by molar-refractivity contribution is 0.0997. The topological polar surface area (TPSA) is 123 Å². The smallest absolute Gasteiger partial charge is 0.255 e. The first-order valence-electron chi connectivity index (χ1n) is 9.69. The number of anilines is 3. The highest BCUT2D eigenvalue weighted by atomic mass is 16.2. The maximum atomic E-state index is 12.4. The summed E-state index contributed by atoms with van der Waals surface area (Å²) in [7, 11) is 0. The molecule has 0 aliphatic heterocycles. The highest BCUT2D eigenvalue weighted by Crippen LogP contribution is 2.19. The number of hydrogen-bond donors (Lipinski definition) is 4. The number of benzene rings is 3. The normalized spacial score (nSPS) is 10.6. The van der Waals surface area contributed by atoms with E-state index in [1.165, 1.54) is 0 Å². The number of nitrogens with zero attached hydrogens (tertiary/aromatic N) is 1. The van der Waals surface area contributed by atoms with E-state index in [4.69, 9.17) is 11.5 Å². The van der Waals surface area contributed by atoms with Crippen LogP contribution in [-0.4, -0.2) is 16.8 Å². The van der Waals surface area contributed by atoms with Gasteiger partial charge in [0, 0.05) is 23.1 Å². The largest absolute Gasteiger partial charge is 0.397 e. The highest BCUT2D eigenvalue weighted by molar-refractivity contribution is 6.05. The number of aromatic nitrogens is 1. The van der Waals surface area contributed by atoms with Gasteiger partial charge in [-0.15, -0.1) is 0 Å². The second kappa shape index (κ2) is 8.54. The van der Waals surface area contributed by atoms with Gasteiger partial charge in [-0.25, -0.2) is 4.98 Å². The molecule has 0 aliphatic carbocycles. The van der Waals surface area contributed by atoms with Crippen LogP contribution in [0.5, 0.6) is 0 Å². The zero-order valence-corrected chi connectivity index (χ0v) is 16.6. The molecule has 7 heteroatoms. The third kappa shape index (κ3) is 4.62. The van der Waals surface area contributed by atoms with E-state index in [9.17, 15) is 9.59 Å². The van der Waals surface area contributed by atoms with Crippen LogP contribution < -0.4 is 22.1 Å². The number of amides is 2. The van der Waals surface area contributed by atoms with Gasteiger partial charge in [0.2, 0.25) is 5.91 Å². The first-order valence-corrected chi connectivity index (χ1v) is 9.69. The van der Waals surface area contributed by atoms with E-state index in [0.717, 1.165) is 10.9 Å². The number of fused-ring (bicyclic) bond motifs is 1. The molecular formula is C24H21N5O2. The number of pyridine rings is 1. The van der Waals surface area contributed by atoms with Crippen molar-refractivity contribution >= 4 is 39.9 Å². The first-order chi connectivity index (χ1) is 15.0. The Hall–Kier alpha value is -4.39. The minimum Gasteiger partial charge on any atom is -0.397 e. The summed E-state index contributed by atoms with van der Waals surface area (Å²) in [5.41, 5.74) is 15.0. The van der Waals surface area contributed by atoms with Crippen molar-refractivity contribution in [2.24, 2.45) is 5.73 Å². The summed E-state index contributed by atoms with van der Waals surface area (Å²) in [6.45, 7) is 0.529. The predicted molar refractivity (Wildman–Crippen MR) is 123 cm³/mol. The van der Waals surface area contributed by atoms with Gasteiger partial charge in [0.05, 0.1) is 16.9 Å². The Kier molecular flexibility index (Phi) is 5.49. The van der Waals surface area contributed by atoms with Gasteiger partial charge >= 0.3 is 0 Å². The number of rotatable bonds is 6. The minimum absolute atomic E-state index is 0.223. The van der Waals surface area contributed by atoms with Gasteiger partial charge in [-0.1, -0.05) is 30.3 Å². The Morgan fingerprint density at radius 3 is 2.32 bits per heavy atom. The maximum Gasteiger partial charge on any atom is 0.255 e. The van der Waals surface area contributed by atoms with E-state index in [1.807, 2.05) is 42.5 Å². The molecule has 3 aromatic carbocycles. The van der Waals surface area contributed by atoms with Gasteiger partial charge in [0.25, 0.3) is 5.91 Å². The Morgan fingerprint density at radius 2 is 1.58 bits per heavy atom. The molecule has 0 saturated heterocycles. The molecule has 0 bridgehead atoms. The van der Waals surface area contributed by atoms with Crippen LogP contribution in [0.15, 0.2) is 78.9 Å². The van der Waals surface area contributed by atoms with Crippen LogP contribution in [0.25, 0.3) is 10.9 Å². The fraction of sp³-hybridized carbons (Fsp3) is 0.0417. The van der Waals surface area contributed by atoms with Crippen molar-refractivity contribution < 1.29 is 9.59 Å². The molecule has 4 aromatic rings. The number of nitrogens with one attached hydrogen (secondary N) is 2. The number of nitrogens with two attached hydrogens (primary N) is 2. The van der Waals surface area contributed by atoms with Crippen LogP contribution in [0.2, 0.25) is 0 Å². The summed E-state index contributed by atoms with van der Waals surface area (Å²) in [5, 5.41) is 6.99. The molecule has 0 spiro atoms. The molecule has 0 aliphatic rings. The quantitative estimate of drug-likeness (QED) is 0.360. The molecule has 0 atom stereocenters. The molecule has 4 rings (SSSR count). The lowest BCUT2D eigenvalue weighted by Crippen LogP contribution is -2.13. The Morgan fingerprint density at radius 1 is 0.871 bits per heavy atom. The standard InChI is InChI=1S/C24H21N5O2/c25-19-3-1-2-4-20(19)29-24(31)17-7-5-15(6-8-17)14-27-22-12-11-16-9-10-18(23(26)30)13-21(16)28-22/h1-13H,14,25H2,(H2,26,30)(H,27,28)(H,29,31). The summed E-state index contributed by atoms with van der Waals surface area (Å²) < 4.78 is 0. The number of primary amides is 1. The van der Waals surface area contributed by atoms with Crippen LogP contribution in [0.4, 0.5) is 17.2 Å². The van der Waals surface area contributed by atoms with E-state index < -0.39 is 5.91 Å². The summed E-state index contributed by atoms with van der Waals surface area (Å²) in [5.74, 6) is -0.0320. The number of nitrogen functional groups attached to an aromatic ring is 1. The van der Waals surface area contributed by atoms with Crippen LogP contribution >= 0.6 is 0 Å². The number of hydrogen-bond acceptors (Lipinski definition) is 5. The molecule has 1 aromatic heterocycles. The van der Waals surface area contributed by atoms with E-state index in [2.05, 4.69) is 15.6 Å². The van der Waals surface area contributed by atoms with E-state index in [1.54, 1.807) is 36.4 Å². The van der Waals surface area contributed by atoms with Crippen molar-refractivity contribution in [3.63, 3.8) is 0 Å². The zero-order valence-electron chi connectivity index (χ0n) is 16.6. The number of carbonyl (C=O) groups is 2. The monoisotopic (exact) mass is 411 g/mol. The fourth-order valence-corrected chi connectivity index (χ4v) is 3.14. The van der Waals surface area contributed by atoms with Gasteiger partial charge in [-0.2, -0.15) is 0 Å². The number of carbonyl (C=O) groups excluding carboxylic acids is 2. The van der Waals surface area contributed by atoms with Crippen LogP contribution in [0.3, 0.4) is 0 Å². The van der Waals surface area contributed by atoms with Crippen LogP contribution in [0, 0.1) is 0 Å². The van der Waals surface area contributed by atoms with Crippen molar-refractivity contribution in [2.45, 2.75) is 6.54 Å². The summed E-state index contributed by atoms with van der Waals surface area (Å²) in [6.07, 6.45) is 0. The molecule has 0 saturated carbocycles. The molecule has 0 unspecified atom stereocenters. The van der Waals surface area contributed by atoms with Crippen molar-refractivity contribution in [1.82, 2.24) is 4.98 Å². The molecule has 0 fully saturated rings.